The van der Waals surface area contributed by atoms with Crippen molar-refractivity contribution in [3.05, 3.63) is 47.5 Å². The van der Waals surface area contributed by atoms with Crippen LogP contribution in [0.4, 0.5) is 4.79 Å². The Morgan fingerprint density at radius 3 is 2.50 bits per heavy atom. The van der Waals surface area contributed by atoms with Crippen LogP contribution in [0.25, 0.3) is 0 Å². The number of likely N-dealkylation sites (tertiary alicyclic amines) is 1. The monoisotopic (exact) mass is 303 g/mol. The van der Waals surface area contributed by atoms with Gasteiger partial charge in [-0.1, -0.05) is 42.0 Å². The highest BCUT2D eigenvalue weighted by Gasteiger charge is 2.20. The molecule has 1 fully saturated rings. The van der Waals surface area contributed by atoms with Crippen LogP contribution in [0.1, 0.15) is 31.2 Å². The maximum Gasteiger partial charge on any atom is 0.410 e. The number of rotatable bonds is 5. The molecule has 0 atom stereocenters. The largest absolute Gasteiger partial charge is 0.481 e. The number of carboxylic acids is 1. The van der Waals surface area contributed by atoms with Gasteiger partial charge in [-0.2, -0.15) is 0 Å². The van der Waals surface area contributed by atoms with Gasteiger partial charge in [0.15, 0.2) is 0 Å². The van der Waals surface area contributed by atoms with Gasteiger partial charge in [0.1, 0.15) is 6.61 Å². The van der Waals surface area contributed by atoms with E-state index in [4.69, 9.17) is 9.84 Å². The predicted molar refractivity (Wildman–Crippen MR) is 82.4 cm³/mol. The van der Waals surface area contributed by atoms with Gasteiger partial charge in [-0.15, -0.1) is 0 Å². The zero-order valence-electron chi connectivity index (χ0n) is 12.5. The number of benzene rings is 1. The van der Waals surface area contributed by atoms with Gasteiger partial charge in [0.25, 0.3) is 0 Å². The molecule has 0 unspecified atom stereocenters. The van der Waals surface area contributed by atoms with Gasteiger partial charge in [0.2, 0.25) is 0 Å². The average molecular weight is 303 g/mol. The fraction of sp³-hybridized carbons (Fsp3) is 0.412. The van der Waals surface area contributed by atoms with Gasteiger partial charge in [0, 0.05) is 19.5 Å². The number of hydrogen-bond donors (Lipinski definition) is 1. The lowest BCUT2D eigenvalue weighted by molar-refractivity contribution is -0.136. The van der Waals surface area contributed by atoms with Crippen LogP contribution >= 0.6 is 0 Å². The van der Waals surface area contributed by atoms with E-state index in [-0.39, 0.29) is 19.1 Å². The number of piperidine rings is 1. The van der Waals surface area contributed by atoms with Gasteiger partial charge >= 0.3 is 12.1 Å². The number of ether oxygens (including phenoxy) is 1. The number of nitrogens with zero attached hydrogens (tertiary/aromatic N) is 1. The lowest BCUT2D eigenvalue weighted by Gasteiger charge is -2.27. The number of allylic oxidation sites excluding steroid dienone is 1. The van der Waals surface area contributed by atoms with Gasteiger partial charge in [-0.25, -0.2) is 4.79 Å². The van der Waals surface area contributed by atoms with Crippen molar-refractivity contribution in [2.24, 2.45) is 0 Å². The van der Waals surface area contributed by atoms with Crippen LogP contribution in [-0.2, 0) is 16.1 Å². The number of amides is 1. The van der Waals surface area contributed by atoms with Gasteiger partial charge in [-0.3, -0.25) is 4.79 Å². The summed E-state index contributed by atoms with van der Waals surface area (Å²) < 4.78 is 5.31. The average Bonchev–Trinajstić information content (AvgIpc) is 2.54. The minimum absolute atomic E-state index is 0.159. The highest BCUT2D eigenvalue weighted by atomic mass is 16.6. The maximum atomic E-state index is 12.0. The summed E-state index contributed by atoms with van der Waals surface area (Å²) in [6.07, 6.45) is 4.00. The van der Waals surface area contributed by atoms with E-state index in [1.165, 1.54) is 5.57 Å². The van der Waals surface area contributed by atoms with Crippen LogP contribution in [-0.4, -0.2) is 35.2 Å². The minimum atomic E-state index is -0.779. The highest BCUT2D eigenvalue weighted by Crippen LogP contribution is 2.18. The molecule has 1 saturated heterocycles. The van der Waals surface area contributed by atoms with Crippen molar-refractivity contribution >= 4 is 12.1 Å². The quantitative estimate of drug-likeness (QED) is 0.848. The number of aliphatic carboxylic acids is 1. The van der Waals surface area contributed by atoms with Crippen molar-refractivity contribution in [3.63, 3.8) is 0 Å². The molecule has 22 heavy (non-hydrogen) atoms. The fourth-order valence-electron chi connectivity index (χ4n) is 2.39. The summed E-state index contributed by atoms with van der Waals surface area (Å²) in [7, 11) is 0. The molecule has 1 amide bonds. The van der Waals surface area contributed by atoms with Crippen LogP contribution in [0.3, 0.4) is 0 Å². The normalized spacial score (nSPS) is 14.5. The van der Waals surface area contributed by atoms with E-state index < -0.39 is 5.97 Å². The fourth-order valence-corrected chi connectivity index (χ4v) is 2.39. The third-order valence-corrected chi connectivity index (χ3v) is 3.66. The van der Waals surface area contributed by atoms with Crippen molar-refractivity contribution in [2.45, 2.75) is 32.3 Å². The molecule has 1 aromatic carbocycles. The van der Waals surface area contributed by atoms with E-state index in [0.29, 0.717) is 19.5 Å². The Kier molecular flexibility index (Phi) is 6.01. The van der Waals surface area contributed by atoms with Crippen LogP contribution in [0.2, 0.25) is 0 Å². The number of carbonyl (C=O) groups excluding carboxylic acids is 1. The van der Waals surface area contributed by atoms with Crippen molar-refractivity contribution in [1.29, 1.82) is 0 Å². The Balaban J connectivity index is 1.72. The summed E-state index contributed by atoms with van der Waals surface area (Å²) in [6.45, 7) is 1.55. The third-order valence-electron chi connectivity index (χ3n) is 3.66. The summed E-state index contributed by atoms with van der Waals surface area (Å²) in [5, 5.41) is 8.61. The Morgan fingerprint density at radius 1 is 1.18 bits per heavy atom. The second kappa shape index (κ2) is 8.22. The number of hydrogen-bond acceptors (Lipinski definition) is 3. The molecule has 0 aromatic heterocycles. The van der Waals surface area contributed by atoms with Crippen molar-refractivity contribution in [3.8, 4) is 0 Å². The molecule has 0 radical (unpaired) electrons. The number of carboxylic acid groups (broad SMARTS) is 1. The van der Waals surface area contributed by atoms with Crippen LogP contribution < -0.4 is 0 Å². The maximum absolute atomic E-state index is 12.0. The van der Waals surface area contributed by atoms with Crippen molar-refractivity contribution in [2.75, 3.05) is 13.1 Å². The zero-order valence-corrected chi connectivity index (χ0v) is 12.5. The molecule has 0 saturated carbocycles. The SMILES string of the molecule is O=C(O)CCC=C1CCN(C(=O)OCc2ccccc2)CC1. The van der Waals surface area contributed by atoms with E-state index >= 15 is 0 Å². The van der Waals surface area contributed by atoms with Crippen LogP contribution in [0, 0.1) is 0 Å². The molecular weight excluding hydrogens is 282 g/mol. The first-order valence-corrected chi connectivity index (χ1v) is 7.50. The van der Waals surface area contributed by atoms with E-state index in [9.17, 15) is 9.59 Å². The molecular formula is C17H21NO4. The first kappa shape index (κ1) is 16.1. The standard InChI is InChI=1S/C17H21NO4/c19-16(20)8-4-7-14-9-11-18(12-10-14)17(21)22-13-15-5-2-1-3-6-15/h1-3,5-7H,4,8-13H2,(H,19,20). The Hall–Kier alpha value is -2.30. The smallest absolute Gasteiger partial charge is 0.410 e. The number of carbonyl (C=O) groups is 2. The van der Waals surface area contributed by atoms with E-state index in [2.05, 4.69) is 0 Å². The zero-order chi connectivity index (χ0) is 15.8. The van der Waals surface area contributed by atoms with E-state index in [1.54, 1.807) is 4.90 Å². The predicted octanol–water partition coefficient (Wildman–Crippen LogP) is 3.21. The Morgan fingerprint density at radius 2 is 1.86 bits per heavy atom. The molecule has 1 aliphatic heterocycles. The molecule has 0 aliphatic carbocycles. The second-order valence-electron chi connectivity index (χ2n) is 5.32. The molecule has 1 aromatic rings. The van der Waals surface area contributed by atoms with Gasteiger partial charge < -0.3 is 14.7 Å². The first-order chi connectivity index (χ1) is 10.6. The minimum Gasteiger partial charge on any atom is -0.481 e. The summed E-state index contributed by atoms with van der Waals surface area (Å²) in [5.74, 6) is -0.779. The molecule has 118 valence electrons. The molecule has 2 rings (SSSR count). The Bertz CT molecular complexity index is 529. The molecule has 0 bridgehead atoms. The Labute approximate surface area is 130 Å². The molecule has 0 spiro atoms. The molecule has 5 heteroatoms. The second-order valence-corrected chi connectivity index (χ2v) is 5.32. The van der Waals surface area contributed by atoms with E-state index in [0.717, 1.165) is 18.4 Å². The topological polar surface area (TPSA) is 66.8 Å². The lowest BCUT2D eigenvalue weighted by atomic mass is 10.0. The lowest BCUT2D eigenvalue weighted by Crippen LogP contribution is -2.36. The first-order valence-electron chi connectivity index (χ1n) is 7.50. The summed E-state index contributed by atoms with van der Waals surface area (Å²) >= 11 is 0. The van der Waals surface area contributed by atoms with Gasteiger partial charge in [0.05, 0.1) is 0 Å². The van der Waals surface area contributed by atoms with Crippen LogP contribution in [0.15, 0.2) is 42.0 Å². The van der Waals surface area contributed by atoms with Crippen molar-refractivity contribution in [1.82, 2.24) is 4.90 Å². The van der Waals surface area contributed by atoms with Gasteiger partial charge in [-0.05, 0) is 24.8 Å². The summed E-state index contributed by atoms with van der Waals surface area (Å²) in [6, 6.07) is 9.60. The summed E-state index contributed by atoms with van der Waals surface area (Å²) in [4.78, 5) is 24.2. The summed E-state index contributed by atoms with van der Waals surface area (Å²) in [5.41, 5.74) is 2.20. The third kappa shape index (κ3) is 5.24. The van der Waals surface area contributed by atoms with Crippen LogP contribution in [0.5, 0.6) is 0 Å². The molecule has 5 nitrogen and oxygen atoms in total. The highest BCUT2D eigenvalue weighted by molar-refractivity contribution is 5.68. The molecule has 1 aliphatic rings. The van der Waals surface area contributed by atoms with Crippen molar-refractivity contribution < 1.29 is 19.4 Å². The molecule has 1 N–H and O–H groups in total. The molecule has 1 heterocycles. The van der Waals surface area contributed by atoms with E-state index in [1.807, 2.05) is 36.4 Å².